The molecule has 1 aromatic carbocycles. The summed E-state index contributed by atoms with van der Waals surface area (Å²) in [5, 5.41) is 9.67. The van der Waals surface area contributed by atoms with Crippen LogP contribution >= 0.6 is 11.6 Å². The van der Waals surface area contributed by atoms with Gasteiger partial charge in [0.25, 0.3) is 5.56 Å². The molecule has 10 heteroatoms. The molecule has 0 aliphatic rings. The van der Waals surface area contributed by atoms with Gasteiger partial charge in [-0.05, 0) is 25.5 Å². The summed E-state index contributed by atoms with van der Waals surface area (Å²) in [7, 11) is 0. The molecule has 2 amide bonds. The topological polar surface area (TPSA) is 122 Å². The molecule has 0 radical (unpaired) electrons. The van der Waals surface area contributed by atoms with Gasteiger partial charge in [0.15, 0.2) is 0 Å². The number of nitrogens with zero attached hydrogens (tertiary/aromatic N) is 3. The van der Waals surface area contributed by atoms with Crippen LogP contribution in [0, 0.1) is 13.8 Å². The Balaban J connectivity index is 1.74. The number of aromatic amines is 1. The Kier molecular flexibility index (Phi) is 5.55. The van der Waals surface area contributed by atoms with Crippen molar-refractivity contribution in [3.63, 3.8) is 0 Å². The van der Waals surface area contributed by atoms with E-state index in [-0.39, 0.29) is 23.9 Å². The molecule has 0 unspecified atom stereocenters. The van der Waals surface area contributed by atoms with Crippen LogP contribution in [0.5, 0.6) is 0 Å². The number of rotatable bonds is 4. The van der Waals surface area contributed by atoms with E-state index < -0.39 is 11.8 Å². The van der Waals surface area contributed by atoms with Gasteiger partial charge in [-0.3, -0.25) is 19.4 Å². The number of carbonyl (C=O) groups excluding carboxylic acids is 2. The Morgan fingerprint density at radius 1 is 1.14 bits per heavy atom. The van der Waals surface area contributed by atoms with E-state index in [9.17, 15) is 14.4 Å². The molecule has 0 saturated carbocycles. The van der Waals surface area contributed by atoms with Crippen molar-refractivity contribution >= 4 is 29.2 Å². The second-order valence-corrected chi connectivity index (χ2v) is 6.43. The molecule has 28 heavy (non-hydrogen) atoms. The first kappa shape index (κ1) is 19.3. The average molecular weight is 401 g/mol. The monoisotopic (exact) mass is 400 g/mol. The summed E-state index contributed by atoms with van der Waals surface area (Å²) < 4.78 is 1.25. The smallest absolute Gasteiger partial charge is 0.314 e. The highest BCUT2D eigenvalue weighted by molar-refractivity contribution is 6.39. The van der Waals surface area contributed by atoms with Gasteiger partial charge in [0.1, 0.15) is 5.82 Å². The molecule has 0 aliphatic carbocycles. The van der Waals surface area contributed by atoms with E-state index in [1.54, 1.807) is 44.2 Å². The van der Waals surface area contributed by atoms with Crippen LogP contribution in [-0.2, 0) is 16.1 Å². The van der Waals surface area contributed by atoms with Gasteiger partial charge < -0.3 is 10.6 Å². The van der Waals surface area contributed by atoms with Crippen molar-refractivity contribution in [2.75, 3.05) is 5.32 Å². The van der Waals surface area contributed by atoms with Gasteiger partial charge in [0, 0.05) is 29.4 Å². The Labute approximate surface area is 164 Å². The van der Waals surface area contributed by atoms with Crippen LogP contribution < -0.4 is 16.2 Å². The molecule has 2 heterocycles. The van der Waals surface area contributed by atoms with E-state index >= 15 is 0 Å². The molecule has 9 nitrogen and oxygen atoms in total. The predicted octanol–water partition coefficient (Wildman–Crippen LogP) is 1.48. The fourth-order valence-electron chi connectivity index (χ4n) is 2.48. The molecule has 144 valence electrons. The number of benzene rings is 1. The van der Waals surface area contributed by atoms with E-state index in [2.05, 4.69) is 25.7 Å². The lowest BCUT2D eigenvalue weighted by Gasteiger charge is -2.09. The number of hydrogen-bond acceptors (Lipinski definition) is 5. The lowest BCUT2D eigenvalue weighted by atomic mass is 10.2. The number of amides is 2. The van der Waals surface area contributed by atoms with Gasteiger partial charge in [-0.1, -0.05) is 29.8 Å². The summed E-state index contributed by atoms with van der Waals surface area (Å²) in [5.74, 6) is -1.40. The number of hydrogen-bond donors (Lipinski definition) is 3. The number of carbonyl (C=O) groups is 2. The lowest BCUT2D eigenvalue weighted by molar-refractivity contribution is -0.136. The zero-order chi connectivity index (χ0) is 20.3. The van der Waals surface area contributed by atoms with Crippen molar-refractivity contribution in [2.24, 2.45) is 0 Å². The largest absolute Gasteiger partial charge is 0.344 e. The highest BCUT2D eigenvalue weighted by atomic mass is 35.5. The van der Waals surface area contributed by atoms with Gasteiger partial charge in [0.05, 0.1) is 5.69 Å². The fourth-order valence-corrected chi connectivity index (χ4v) is 2.69. The number of aromatic nitrogens is 4. The minimum Gasteiger partial charge on any atom is -0.344 e. The second kappa shape index (κ2) is 8.05. The molecule has 3 aromatic rings. The Morgan fingerprint density at radius 3 is 2.61 bits per heavy atom. The number of nitrogens with one attached hydrogen (secondary N) is 3. The summed E-state index contributed by atoms with van der Waals surface area (Å²) in [6.07, 6.45) is 0. The Morgan fingerprint density at radius 2 is 1.89 bits per heavy atom. The van der Waals surface area contributed by atoms with Crippen LogP contribution in [0.4, 0.5) is 5.82 Å². The maximum absolute atomic E-state index is 12.3. The summed E-state index contributed by atoms with van der Waals surface area (Å²) in [6.45, 7) is 3.48. The van der Waals surface area contributed by atoms with Crippen molar-refractivity contribution in [1.29, 1.82) is 0 Å². The molecule has 0 aliphatic heterocycles. The third-order valence-electron chi connectivity index (χ3n) is 3.73. The second-order valence-electron chi connectivity index (χ2n) is 6.02. The molecule has 0 saturated heterocycles. The molecular formula is C18H17ClN6O3. The summed E-state index contributed by atoms with van der Waals surface area (Å²) in [6, 6.07) is 9.89. The van der Waals surface area contributed by atoms with E-state index in [0.29, 0.717) is 22.0 Å². The van der Waals surface area contributed by atoms with Crippen LogP contribution in [0.3, 0.4) is 0 Å². The molecule has 0 bridgehead atoms. The summed E-state index contributed by atoms with van der Waals surface area (Å²) >= 11 is 6.03. The minimum absolute atomic E-state index is 0.108. The fraction of sp³-hybridized carbons (Fsp3) is 0.167. The third kappa shape index (κ3) is 4.44. The molecule has 0 fully saturated rings. The SMILES string of the molecule is Cc1cc(=O)[nH]c(-n2nc(C)cc2NC(=O)C(=O)NCc2ccccc2Cl)n1. The number of anilines is 1. The van der Waals surface area contributed by atoms with Crippen LogP contribution in [-0.4, -0.2) is 31.6 Å². The maximum Gasteiger partial charge on any atom is 0.314 e. The minimum atomic E-state index is -0.886. The lowest BCUT2D eigenvalue weighted by Crippen LogP contribution is -2.35. The van der Waals surface area contributed by atoms with E-state index in [1.807, 2.05) is 0 Å². The number of halogens is 1. The van der Waals surface area contributed by atoms with Crippen molar-refractivity contribution in [2.45, 2.75) is 20.4 Å². The zero-order valence-corrected chi connectivity index (χ0v) is 15.9. The quantitative estimate of drug-likeness (QED) is 0.572. The number of aryl methyl sites for hydroxylation is 2. The standard InChI is InChI=1S/C18H17ClN6O3/c1-10-8-15(26)23-18(21-10)25-14(7-11(2)24-25)22-17(28)16(27)20-9-12-5-3-4-6-13(12)19/h3-8H,9H2,1-2H3,(H,20,27)(H,22,28)(H,21,23,26). The highest BCUT2D eigenvalue weighted by Gasteiger charge is 2.18. The molecular weight excluding hydrogens is 384 g/mol. The average Bonchev–Trinajstić information content (AvgIpc) is 3.00. The predicted molar refractivity (Wildman–Crippen MR) is 103 cm³/mol. The zero-order valence-electron chi connectivity index (χ0n) is 15.1. The van der Waals surface area contributed by atoms with Crippen molar-refractivity contribution in [3.05, 3.63) is 68.7 Å². The first-order valence-electron chi connectivity index (χ1n) is 8.31. The molecule has 3 N–H and O–H groups in total. The molecule has 3 rings (SSSR count). The van der Waals surface area contributed by atoms with Gasteiger partial charge in [-0.15, -0.1) is 0 Å². The van der Waals surface area contributed by atoms with Crippen LogP contribution in [0.15, 0.2) is 41.2 Å². The van der Waals surface area contributed by atoms with Gasteiger partial charge in [-0.25, -0.2) is 4.98 Å². The Bertz CT molecular complexity index is 1100. The van der Waals surface area contributed by atoms with E-state index in [0.717, 1.165) is 0 Å². The van der Waals surface area contributed by atoms with Gasteiger partial charge in [0.2, 0.25) is 5.95 Å². The Hall–Kier alpha value is -3.46. The van der Waals surface area contributed by atoms with E-state index in [4.69, 9.17) is 11.6 Å². The third-order valence-corrected chi connectivity index (χ3v) is 4.10. The molecule has 0 spiro atoms. The van der Waals surface area contributed by atoms with Gasteiger partial charge >= 0.3 is 11.8 Å². The van der Waals surface area contributed by atoms with Gasteiger partial charge in [-0.2, -0.15) is 9.78 Å². The first-order chi connectivity index (χ1) is 13.3. The van der Waals surface area contributed by atoms with Crippen molar-refractivity contribution in [3.8, 4) is 5.95 Å². The van der Waals surface area contributed by atoms with Crippen LogP contribution in [0.1, 0.15) is 17.0 Å². The molecule has 2 aromatic heterocycles. The van der Waals surface area contributed by atoms with Crippen molar-refractivity contribution < 1.29 is 9.59 Å². The summed E-state index contributed by atoms with van der Waals surface area (Å²) in [5.41, 5.74) is 1.38. The maximum atomic E-state index is 12.3. The van der Waals surface area contributed by atoms with Crippen molar-refractivity contribution in [1.82, 2.24) is 25.1 Å². The van der Waals surface area contributed by atoms with Crippen LogP contribution in [0.2, 0.25) is 5.02 Å². The summed E-state index contributed by atoms with van der Waals surface area (Å²) in [4.78, 5) is 42.8. The molecule has 0 atom stereocenters. The highest BCUT2D eigenvalue weighted by Crippen LogP contribution is 2.15. The normalized spacial score (nSPS) is 10.5. The first-order valence-corrected chi connectivity index (χ1v) is 8.69. The number of H-pyrrole nitrogens is 1. The van der Waals surface area contributed by atoms with E-state index in [1.165, 1.54) is 10.7 Å². The van der Waals surface area contributed by atoms with Crippen LogP contribution in [0.25, 0.3) is 5.95 Å².